The van der Waals surface area contributed by atoms with E-state index < -0.39 is 0 Å². The third-order valence-corrected chi connectivity index (χ3v) is 1.45. The number of hydrogen-bond acceptors (Lipinski definition) is 1. The predicted molar refractivity (Wildman–Crippen MR) is 42.3 cm³/mol. The molecule has 0 saturated heterocycles. The molecule has 0 aromatic carbocycles. The van der Waals surface area contributed by atoms with Crippen LogP contribution in [0.15, 0.2) is 0 Å². The van der Waals surface area contributed by atoms with Crippen LogP contribution in [-0.4, -0.2) is 12.0 Å². The normalized spacial score (nSPS) is 9.44. The molecule has 0 aromatic heterocycles. The highest BCUT2D eigenvalue weighted by molar-refractivity contribution is 7.78. The first kappa shape index (κ1) is 9.05. The van der Waals surface area contributed by atoms with E-state index in [0.717, 1.165) is 32.1 Å². The van der Waals surface area contributed by atoms with E-state index in [-0.39, 0.29) is 6.61 Å². The van der Waals surface area contributed by atoms with E-state index in [2.05, 4.69) is 12.2 Å². The molecule has 0 amide bonds. The first-order valence-electron chi connectivity index (χ1n) is 3.43. The Kier molecular flexibility index (Phi) is 8.09. The van der Waals surface area contributed by atoms with E-state index >= 15 is 0 Å². The Morgan fingerprint density at radius 2 is 1.78 bits per heavy atom. The molecule has 0 aliphatic rings. The summed E-state index contributed by atoms with van der Waals surface area (Å²) in [6, 6.07) is 0. The highest BCUT2D eigenvalue weighted by atomic mass is 32.1. The summed E-state index contributed by atoms with van der Waals surface area (Å²) in [6.45, 7) is 0.0809. The van der Waals surface area contributed by atoms with Crippen LogP contribution in [-0.2, 0) is 5.11 Å². The molecule has 0 heterocycles. The smallest absolute Gasteiger partial charge is 0.0822 e. The molecule has 0 spiro atoms. The van der Waals surface area contributed by atoms with Gasteiger partial charge in [-0.05, 0) is 24.6 Å². The monoisotopic (exact) mass is 145 g/mol. The predicted octanol–water partition coefficient (Wildman–Crippen LogP) is 2.37. The average molecular weight is 145 g/mol. The van der Waals surface area contributed by atoms with E-state index in [1.165, 1.54) is 0 Å². The highest BCUT2D eigenvalue weighted by Gasteiger charge is 1.86. The van der Waals surface area contributed by atoms with Crippen molar-refractivity contribution < 1.29 is 5.11 Å². The fourth-order valence-corrected chi connectivity index (χ4v) is 0.850. The van der Waals surface area contributed by atoms with Crippen LogP contribution in [0.4, 0.5) is 0 Å². The molecule has 0 N–H and O–H groups in total. The summed E-state index contributed by atoms with van der Waals surface area (Å²) in [7, 11) is 0. The van der Waals surface area contributed by atoms with E-state index in [1.54, 1.807) is 5.37 Å². The number of unbranched alkanes of at least 4 members (excludes halogenated alkanes) is 4. The second-order valence-corrected chi connectivity index (χ2v) is 2.41. The molecule has 1 radical (unpaired) electrons. The Labute approximate surface area is 62.1 Å². The Morgan fingerprint density at radius 1 is 1.11 bits per heavy atom. The zero-order chi connectivity index (χ0) is 6.95. The zero-order valence-electron chi connectivity index (χ0n) is 5.64. The average Bonchev–Trinajstić information content (AvgIpc) is 1.89. The molecule has 0 aliphatic carbocycles. The molecule has 0 bridgehead atoms. The lowest BCUT2D eigenvalue weighted by molar-refractivity contribution is 0.186. The second-order valence-electron chi connectivity index (χ2n) is 2.07. The van der Waals surface area contributed by atoms with Gasteiger partial charge in [0.1, 0.15) is 0 Å². The first-order valence-corrected chi connectivity index (χ1v) is 3.90. The van der Waals surface area contributed by atoms with Gasteiger partial charge in [0.25, 0.3) is 0 Å². The minimum absolute atomic E-state index is 0.0809. The van der Waals surface area contributed by atoms with E-state index in [9.17, 15) is 5.11 Å². The Hall–Kier alpha value is 0.0500. The molecule has 0 aliphatic heterocycles. The van der Waals surface area contributed by atoms with Gasteiger partial charge in [-0.2, -0.15) is 0 Å². The molecule has 9 heavy (non-hydrogen) atoms. The molecule has 0 fully saturated rings. The Bertz CT molecular complexity index is 63.9. The van der Waals surface area contributed by atoms with Gasteiger partial charge in [0.15, 0.2) is 0 Å². The summed E-state index contributed by atoms with van der Waals surface area (Å²) in [6.07, 6.45) is 5.25. The third kappa shape index (κ3) is 8.05. The second kappa shape index (κ2) is 8.05. The van der Waals surface area contributed by atoms with Crippen LogP contribution in [0.25, 0.3) is 0 Å². The summed E-state index contributed by atoms with van der Waals surface area (Å²) in [5.74, 6) is 0. The van der Waals surface area contributed by atoms with Crippen LogP contribution in [0.1, 0.15) is 32.1 Å². The Morgan fingerprint density at radius 3 is 2.33 bits per heavy atom. The largest absolute Gasteiger partial charge is 0.237 e. The minimum Gasteiger partial charge on any atom is -0.237 e. The van der Waals surface area contributed by atoms with Crippen molar-refractivity contribution in [1.29, 1.82) is 0 Å². The molecular weight excluding hydrogens is 132 g/mol. The standard InChI is InChI=1S/C7H13OS/c8-6-4-2-1-3-5-7-9/h7H,1-6H2. The molecule has 53 valence electrons. The van der Waals surface area contributed by atoms with E-state index in [1.807, 2.05) is 0 Å². The van der Waals surface area contributed by atoms with Crippen molar-refractivity contribution in [2.75, 3.05) is 6.61 Å². The summed E-state index contributed by atoms with van der Waals surface area (Å²) in [5.41, 5.74) is 0. The maximum atomic E-state index is 9.93. The van der Waals surface area contributed by atoms with Crippen LogP contribution < -0.4 is 0 Å². The van der Waals surface area contributed by atoms with Gasteiger partial charge in [-0.15, -0.1) is 0 Å². The van der Waals surface area contributed by atoms with Gasteiger partial charge in [0.2, 0.25) is 0 Å². The summed E-state index contributed by atoms with van der Waals surface area (Å²) >= 11 is 4.64. The van der Waals surface area contributed by atoms with Crippen LogP contribution >= 0.6 is 12.2 Å². The molecule has 0 saturated carbocycles. The zero-order valence-corrected chi connectivity index (χ0v) is 6.45. The van der Waals surface area contributed by atoms with Gasteiger partial charge in [-0.3, -0.25) is 0 Å². The molecule has 0 aromatic rings. The van der Waals surface area contributed by atoms with Gasteiger partial charge in [-0.1, -0.05) is 25.1 Å². The Balaban J connectivity index is 2.66. The van der Waals surface area contributed by atoms with Crippen molar-refractivity contribution in [3.63, 3.8) is 0 Å². The molecule has 0 rings (SSSR count). The van der Waals surface area contributed by atoms with Gasteiger partial charge in [0, 0.05) is 0 Å². The lowest BCUT2D eigenvalue weighted by Crippen LogP contribution is -1.81. The summed E-state index contributed by atoms with van der Waals surface area (Å²) in [5, 5.41) is 11.7. The van der Waals surface area contributed by atoms with Crippen molar-refractivity contribution in [2.45, 2.75) is 32.1 Å². The number of rotatable bonds is 6. The fourth-order valence-electron chi connectivity index (χ4n) is 0.683. The van der Waals surface area contributed by atoms with Crippen molar-refractivity contribution >= 4 is 17.6 Å². The maximum absolute atomic E-state index is 9.93. The molecular formula is C7H13OS. The first-order chi connectivity index (χ1) is 4.41. The van der Waals surface area contributed by atoms with Crippen LogP contribution in [0.5, 0.6) is 0 Å². The van der Waals surface area contributed by atoms with Crippen LogP contribution in [0.2, 0.25) is 0 Å². The minimum atomic E-state index is 0.0809. The summed E-state index contributed by atoms with van der Waals surface area (Å²) < 4.78 is 0. The van der Waals surface area contributed by atoms with Crippen molar-refractivity contribution in [3.8, 4) is 0 Å². The lowest BCUT2D eigenvalue weighted by Gasteiger charge is -1.92. The molecule has 0 atom stereocenters. The van der Waals surface area contributed by atoms with Crippen molar-refractivity contribution in [1.82, 2.24) is 0 Å². The number of thiocarbonyl (C=S) groups is 1. The lowest BCUT2D eigenvalue weighted by atomic mass is 10.2. The topological polar surface area (TPSA) is 19.9 Å². The van der Waals surface area contributed by atoms with Crippen molar-refractivity contribution in [3.05, 3.63) is 0 Å². The summed E-state index contributed by atoms with van der Waals surface area (Å²) in [4.78, 5) is 0. The van der Waals surface area contributed by atoms with Crippen molar-refractivity contribution in [2.24, 2.45) is 0 Å². The maximum Gasteiger partial charge on any atom is 0.0822 e. The molecule has 1 nitrogen and oxygen atoms in total. The SMILES string of the molecule is [O]CCCCCCC=S. The third-order valence-electron chi connectivity index (χ3n) is 1.22. The molecule has 2 heteroatoms. The van der Waals surface area contributed by atoms with Gasteiger partial charge >= 0.3 is 0 Å². The highest BCUT2D eigenvalue weighted by Crippen LogP contribution is 2.00. The van der Waals surface area contributed by atoms with E-state index in [0.29, 0.717) is 0 Å². The van der Waals surface area contributed by atoms with E-state index in [4.69, 9.17) is 0 Å². The number of hydrogen-bond donors (Lipinski definition) is 0. The van der Waals surface area contributed by atoms with Gasteiger partial charge in [-0.25, -0.2) is 5.11 Å². The van der Waals surface area contributed by atoms with Gasteiger partial charge in [0.05, 0.1) is 6.61 Å². The quantitative estimate of drug-likeness (QED) is 0.415. The van der Waals surface area contributed by atoms with Gasteiger partial charge < -0.3 is 0 Å². The van der Waals surface area contributed by atoms with Crippen LogP contribution in [0.3, 0.4) is 0 Å². The molecule has 0 unspecified atom stereocenters. The van der Waals surface area contributed by atoms with Crippen LogP contribution in [0, 0.1) is 0 Å². The fraction of sp³-hybridized carbons (Fsp3) is 0.857.